The van der Waals surface area contributed by atoms with Crippen molar-refractivity contribution in [1.29, 1.82) is 0 Å². The molecule has 1 aromatic heterocycles. The number of rotatable bonds is 3. The fourth-order valence-electron chi connectivity index (χ4n) is 2.37. The van der Waals surface area contributed by atoms with E-state index in [1.165, 1.54) is 16.4 Å². The molecule has 1 aliphatic heterocycles. The van der Waals surface area contributed by atoms with Gasteiger partial charge in [-0.3, -0.25) is 0 Å². The van der Waals surface area contributed by atoms with Crippen LogP contribution in [0, 0.1) is 5.82 Å². The molecule has 0 saturated heterocycles. The summed E-state index contributed by atoms with van der Waals surface area (Å²) in [6.07, 6.45) is 3.47. The maximum Gasteiger partial charge on any atom is 0.243 e. The number of fused-ring (bicyclic) bond motifs is 1. The molecule has 21 heavy (non-hydrogen) atoms. The van der Waals surface area contributed by atoms with Crippen LogP contribution in [-0.2, 0) is 29.7 Å². The molecular formula is C13H15FN4O2S. The van der Waals surface area contributed by atoms with Gasteiger partial charge in [0.2, 0.25) is 10.0 Å². The van der Waals surface area contributed by atoms with Crippen LogP contribution in [-0.4, -0.2) is 28.8 Å². The summed E-state index contributed by atoms with van der Waals surface area (Å²) in [7, 11) is -3.67. The summed E-state index contributed by atoms with van der Waals surface area (Å²) in [6, 6.07) is 3.70. The lowest BCUT2D eigenvalue weighted by Gasteiger charge is -2.27. The van der Waals surface area contributed by atoms with Gasteiger partial charge in [-0.05, 0) is 18.2 Å². The van der Waals surface area contributed by atoms with E-state index < -0.39 is 15.8 Å². The highest BCUT2D eigenvalue weighted by Gasteiger charge is 2.29. The number of nitrogens with zero attached hydrogens (tertiary/aromatic N) is 3. The number of hydrogen-bond acceptors (Lipinski definition) is 4. The summed E-state index contributed by atoms with van der Waals surface area (Å²) in [5.74, 6) is 0.205. The van der Waals surface area contributed by atoms with Crippen LogP contribution in [0.5, 0.6) is 0 Å². The van der Waals surface area contributed by atoms with Crippen molar-refractivity contribution in [1.82, 2.24) is 13.9 Å². The van der Waals surface area contributed by atoms with Crippen LogP contribution in [0.1, 0.15) is 11.4 Å². The van der Waals surface area contributed by atoms with Crippen molar-refractivity contribution in [2.45, 2.75) is 24.5 Å². The second-order valence-electron chi connectivity index (χ2n) is 4.83. The fourth-order valence-corrected chi connectivity index (χ4v) is 3.81. The number of hydrogen-bond donors (Lipinski definition) is 1. The zero-order valence-electron chi connectivity index (χ0n) is 11.2. The third kappa shape index (κ3) is 2.45. The highest BCUT2D eigenvalue weighted by Crippen LogP contribution is 2.22. The van der Waals surface area contributed by atoms with Gasteiger partial charge in [0, 0.05) is 37.6 Å². The molecule has 0 aliphatic carbocycles. The van der Waals surface area contributed by atoms with Crippen molar-refractivity contribution < 1.29 is 12.8 Å². The summed E-state index contributed by atoms with van der Waals surface area (Å²) in [5.41, 5.74) is 5.62. The van der Waals surface area contributed by atoms with E-state index in [0.29, 0.717) is 18.9 Å². The minimum absolute atomic E-state index is 0.0421. The minimum atomic E-state index is -3.67. The standard InChI is InChI=1S/C13H15FN4O2S/c14-12-2-1-11(7-10(12)8-15)21(19,20)18-6-5-17-4-3-16-13(17)9-18/h1-4,7H,5-6,8-9,15H2. The van der Waals surface area contributed by atoms with E-state index in [4.69, 9.17) is 5.73 Å². The normalized spacial score (nSPS) is 15.9. The Labute approximate surface area is 122 Å². The van der Waals surface area contributed by atoms with E-state index in [9.17, 15) is 12.8 Å². The van der Waals surface area contributed by atoms with E-state index in [1.807, 2.05) is 10.8 Å². The predicted molar refractivity (Wildman–Crippen MR) is 74.1 cm³/mol. The van der Waals surface area contributed by atoms with E-state index in [2.05, 4.69) is 4.98 Å². The zero-order chi connectivity index (χ0) is 15.0. The van der Waals surface area contributed by atoms with Gasteiger partial charge in [-0.2, -0.15) is 4.31 Å². The average molecular weight is 310 g/mol. The zero-order valence-corrected chi connectivity index (χ0v) is 12.1. The molecule has 2 N–H and O–H groups in total. The van der Waals surface area contributed by atoms with Crippen LogP contribution in [0.2, 0.25) is 0 Å². The Hall–Kier alpha value is -1.77. The third-order valence-corrected chi connectivity index (χ3v) is 5.43. The van der Waals surface area contributed by atoms with Crippen molar-refractivity contribution in [3.05, 3.63) is 47.8 Å². The fraction of sp³-hybridized carbons (Fsp3) is 0.308. The highest BCUT2D eigenvalue weighted by atomic mass is 32.2. The Morgan fingerprint density at radius 1 is 1.33 bits per heavy atom. The molecule has 1 aliphatic rings. The highest BCUT2D eigenvalue weighted by molar-refractivity contribution is 7.89. The Morgan fingerprint density at radius 3 is 2.90 bits per heavy atom. The number of imidazole rings is 1. The quantitative estimate of drug-likeness (QED) is 0.904. The van der Waals surface area contributed by atoms with Gasteiger partial charge < -0.3 is 10.3 Å². The van der Waals surface area contributed by atoms with E-state index in [1.54, 1.807) is 6.20 Å². The second-order valence-corrected chi connectivity index (χ2v) is 6.77. The van der Waals surface area contributed by atoms with Crippen molar-refractivity contribution in [3.8, 4) is 0 Å². The first kappa shape index (κ1) is 14.2. The molecule has 0 fully saturated rings. The summed E-state index contributed by atoms with van der Waals surface area (Å²) in [6.45, 7) is 1.09. The predicted octanol–water partition coefficient (Wildman–Crippen LogP) is 0.685. The van der Waals surface area contributed by atoms with Crippen molar-refractivity contribution in [2.24, 2.45) is 5.73 Å². The van der Waals surface area contributed by atoms with Crippen molar-refractivity contribution in [3.63, 3.8) is 0 Å². The smallest absolute Gasteiger partial charge is 0.243 e. The van der Waals surface area contributed by atoms with Crippen LogP contribution >= 0.6 is 0 Å². The molecule has 8 heteroatoms. The summed E-state index contributed by atoms with van der Waals surface area (Å²) >= 11 is 0. The van der Waals surface area contributed by atoms with Gasteiger partial charge in [0.1, 0.15) is 11.6 Å². The Morgan fingerprint density at radius 2 is 2.14 bits per heavy atom. The van der Waals surface area contributed by atoms with Gasteiger partial charge in [0.15, 0.2) is 0 Å². The van der Waals surface area contributed by atoms with E-state index in [0.717, 1.165) is 6.07 Å². The number of nitrogens with two attached hydrogens (primary N) is 1. The molecule has 1 aromatic carbocycles. The van der Waals surface area contributed by atoms with Crippen LogP contribution in [0.15, 0.2) is 35.5 Å². The third-order valence-electron chi connectivity index (χ3n) is 3.58. The first-order valence-corrected chi connectivity index (χ1v) is 7.95. The summed E-state index contributed by atoms with van der Waals surface area (Å²) < 4.78 is 42.0. The molecular weight excluding hydrogens is 295 g/mol. The van der Waals surface area contributed by atoms with Gasteiger partial charge in [0.25, 0.3) is 0 Å². The molecule has 0 spiro atoms. The molecule has 112 valence electrons. The maximum atomic E-state index is 13.5. The first-order valence-electron chi connectivity index (χ1n) is 6.51. The monoisotopic (exact) mass is 310 g/mol. The molecule has 0 amide bonds. The van der Waals surface area contributed by atoms with E-state index in [-0.39, 0.29) is 23.5 Å². The van der Waals surface area contributed by atoms with Crippen molar-refractivity contribution in [2.75, 3.05) is 6.54 Å². The molecule has 0 radical (unpaired) electrons. The van der Waals surface area contributed by atoms with Gasteiger partial charge in [-0.1, -0.05) is 0 Å². The number of benzene rings is 1. The topological polar surface area (TPSA) is 81.2 Å². The van der Waals surface area contributed by atoms with Gasteiger partial charge in [-0.25, -0.2) is 17.8 Å². The van der Waals surface area contributed by atoms with Crippen LogP contribution in [0.3, 0.4) is 0 Å². The molecule has 0 unspecified atom stereocenters. The Balaban J connectivity index is 1.94. The SMILES string of the molecule is NCc1cc(S(=O)(=O)N2CCn3ccnc3C2)ccc1F. The lowest BCUT2D eigenvalue weighted by molar-refractivity contribution is 0.335. The molecule has 2 heterocycles. The number of aromatic nitrogens is 2. The van der Waals surface area contributed by atoms with E-state index >= 15 is 0 Å². The molecule has 0 bridgehead atoms. The number of halogens is 1. The van der Waals surface area contributed by atoms with Crippen LogP contribution in [0.4, 0.5) is 4.39 Å². The molecule has 2 aromatic rings. The first-order chi connectivity index (χ1) is 10.0. The average Bonchev–Trinajstić information content (AvgIpc) is 2.94. The maximum absolute atomic E-state index is 13.5. The Kier molecular flexibility index (Phi) is 3.52. The van der Waals surface area contributed by atoms with Crippen LogP contribution in [0.25, 0.3) is 0 Å². The molecule has 0 atom stereocenters. The lowest BCUT2D eigenvalue weighted by atomic mass is 10.2. The molecule has 6 nitrogen and oxygen atoms in total. The summed E-state index contributed by atoms with van der Waals surface area (Å²) in [5, 5.41) is 0. The van der Waals surface area contributed by atoms with Gasteiger partial charge in [0.05, 0.1) is 11.4 Å². The van der Waals surface area contributed by atoms with Gasteiger partial charge in [-0.15, -0.1) is 0 Å². The van der Waals surface area contributed by atoms with Gasteiger partial charge >= 0.3 is 0 Å². The van der Waals surface area contributed by atoms with Crippen molar-refractivity contribution >= 4 is 10.0 Å². The molecule has 3 rings (SSSR count). The lowest BCUT2D eigenvalue weighted by Crippen LogP contribution is -2.38. The minimum Gasteiger partial charge on any atom is -0.333 e. The molecule has 0 saturated carbocycles. The largest absolute Gasteiger partial charge is 0.333 e. The van der Waals surface area contributed by atoms with Crippen LogP contribution < -0.4 is 5.73 Å². The second kappa shape index (κ2) is 5.21. The Bertz CT molecular complexity index is 772. The number of sulfonamides is 1. The summed E-state index contributed by atoms with van der Waals surface area (Å²) in [4.78, 5) is 4.20.